The number of anilines is 1. The Morgan fingerprint density at radius 1 is 1.33 bits per heavy atom. The SMILES string of the molecule is Nc1cccc([NH+]([O-])/N=C/c2cnc3ccc(Br)cn23)c1. The van der Waals surface area contributed by atoms with Crippen LogP contribution in [0.2, 0.25) is 0 Å². The van der Waals surface area contributed by atoms with Crippen molar-refractivity contribution in [1.82, 2.24) is 9.38 Å². The predicted octanol–water partition coefficient (Wildman–Crippen LogP) is 1.73. The zero-order chi connectivity index (χ0) is 14.8. The third-order valence-corrected chi connectivity index (χ3v) is 3.41. The zero-order valence-electron chi connectivity index (χ0n) is 10.9. The fourth-order valence-electron chi connectivity index (χ4n) is 1.94. The summed E-state index contributed by atoms with van der Waals surface area (Å²) in [5, 5.41) is 15.6. The standard InChI is InChI=1S/C14H12BrN5O/c15-10-4-5-14-17-7-13(19(14)9-10)8-18-20(21)12-3-1-2-11(16)6-12/h1-9,20H,16H2/b18-8+. The molecule has 3 aromatic rings. The number of nitrogens with one attached hydrogen (secondary N) is 1. The number of hydrogen-bond acceptors (Lipinski definition) is 4. The van der Waals surface area contributed by atoms with Crippen molar-refractivity contribution in [3.8, 4) is 0 Å². The van der Waals surface area contributed by atoms with Crippen LogP contribution in [0.5, 0.6) is 0 Å². The van der Waals surface area contributed by atoms with Crippen molar-refractivity contribution >= 4 is 39.2 Å². The summed E-state index contributed by atoms with van der Waals surface area (Å²) >= 11 is 3.40. The second-order valence-electron chi connectivity index (χ2n) is 4.45. The van der Waals surface area contributed by atoms with Crippen LogP contribution in [-0.4, -0.2) is 15.6 Å². The zero-order valence-corrected chi connectivity index (χ0v) is 12.5. The van der Waals surface area contributed by atoms with Gasteiger partial charge in [-0.3, -0.25) is 4.40 Å². The summed E-state index contributed by atoms with van der Waals surface area (Å²) in [5.74, 6) is 0. The van der Waals surface area contributed by atoms with E-state index in [-0.39, 0.29) is 5.17 Å². The van der Waals surface area contributed by atoms with Crippen LogP contribution in [0.15, 0.2) is 58.4 Å². The second-order valence-corrected chi connectivity index (χ2v) is 5.36. The Bertz CT molecular complexity index is 814. The van der Waals surface area contributed by atoms with Crippen molar-refractivity contribution in [2.24, 2.45) is 5.10 Å². The van der Waals surface area contributed by atoms with Crippen molar-refractivity contribution in [1.29, 1.82) is 0 Å². The molecule has 0 spiro atoms. The average Bonchev–Trinajstić information content (AvgIpc) is 2.87. The number of fused-ring (bicyclic) bond motifs is 1. The highest BCUT2D eigenvalue weighted by Gasteiger charge is 2.04. The fraction of sp³-hybridized carbons (Fsp3) is 0. The van der Waals surface area contributed by atoms with Gasteiger partial charge in [0, 0.05) is 28.5 Å². The number of halogens is 1. The van der Waals surface area contributed by atoms with Crippen LogP contribution in [-0.2, 0) is 0 Å². The number of nitrogens with two attached hydrogens (primary N) is 1. The molecule has 1 aromatic carbocycles. The lowest BCUT2D eigenvalue weighted by molar-refractivity contribution is -0.783. The molecule has 1 unspecified atom stereocenters. The van der Waals surface area contributed by atoms with E-state index in [4.69, 9.17) is 5.73 Å². The highest BCUT2D eigenvalue weighted by Crippen LogP contribution is 2.12. The van der Waals surface area contributed by atoms with E-state index in [2.05, 4.69) is 26.0 Å². The van der Waals surface area contributed by atoms with E-state index in [1.165, 1.54) is 6.21 Å². The highest BCUT2D eigenvalue weighted by atomic mass is 79.9. The number of hydrogen-bond donors (Lipinski definition) is 2. The maximum Gasteiger partial charge on any atom is 0.159 e. The number of quaternary nitrogens is 1. The number of benzene rings is 1. The molecule has 2 aromatic heterocycles. The van der Waals surface area contributed by atoms with E-state index in [0.29, 0.717) is 11.4 Å². The lowest BCUT2D eigenvalue weighted by Crippen LogP contribution is -2.96. The normalized spacial score (nSPS) is 13.0. The largest absolute Gasteiger partial charge is 0.601 e. The fourth-order valence-corrected chi connectivity index (χ4v) is 2.28. The summed E-state index contributed by atoms with van der Waals surface area (Å²) in [7, 11) is 0. The summed E-state index contributed by atoms with van der Waals surface area (Å²) in [4.78, 5) is 4.24. The van der Waals surface area contributed by atoms with Gasteiger partial charge in [-0.25, -0.2) is 10.2 Å². The van der Waals surface area contributed by atoms with Crippen molar-refractivity contribution in [3.63, 3.8) is 0 Å². The van der Waals surface area contributed by atoms with E-state index >= 15 is 0 Å². The topological polar surface area (TPSA) is 83.2 Å². The van der Waals surface area contributed by atoms with E-state index in [1.807, 2.05) is 22.7 Å². The Morgan fingerprint density at radius 2 is 2.19 bits per heavy atom. The third-order valence-electron chi connectivity index (χ3n) is 2.95. The average molecular weight is 346 g/mol. The molecule has 0 amide bonds. The van der Waals surface area contributed by atoms with E-state index < -0.39 is 0 Å². The number of imidazole rings is 1. The third kappa shape index (κ3) is 2.94. The van der Waals surface area contributed by atoms with Crippen LogP contribution in [0.1, 0.15) is 5.69 Å². The van der Waals surface area contributed by atoms with Gasteiger partial charge in [0.25, 0.3) is 0 Å². The second kappa shape index (κ2) is 5.65. The van der Waals surface area contributed by atoms with E-state index in [0.717, 1.165) is 15.8 Å². The summed E-state index contributed by atoms with van der Waals surface area (Å²) in [6.07, 6.45) is 5.03. The van der Waals surface area contributed by atoms with Crippen LogP contribution in [0, 0.1) is 5.21 Å². The number of rotatable bonds is 3. The molecule has 21 heavy (non-hydrogen) atoms. The summed E-state index contributed by atoms with van der Waals surface area (Å²) in [6, 6.07) is 10.5. The monoisotopic (exact) mass is 345 g/mol. The van der Waals surface area contributed by atoms with Crippen molar-refractivity contribution < 1.29 is 5.17 Å². The minimum Gasteiger partial charge on any atom is -0.601 e. The molecule has 0 saturated heterocycles. The molecule has 0 fully saturated rings. The Kier molecular flexibility index (Phi) is 3.70. The number of nitrogens with zero attached hydrogens (tertiary/aromatic N) is 3. The van der Waals surface area contributed by atoms with Crippen LogP contribution in [0.3, 0.4) is 0 Å². The predicted molar refractivity (Wildman–Crippen MR) is 85.3 cm³/mol. The first-order chi connectivity index (χ1) is 10.1. The van der Waals surface area contributed by atoms with Gasteiger partial charge >= 0.3 is 0 Å². The quantitative estimate of drug-likeness (QED) is 0.430. The van der Waals surface area contributed by atoms with Crippen LogP contribution < -0.4 is 10.9 Å². The van der Waals surface area contributed by atoms with Gasteiger partial charge in [0.1, 0.15) is 11.9 Å². The molecule has 0 saturated carbocycles. The van der Waals surface area contributed by atoms with E-state index in [9.17, 15) is 5.21 Å². The smallest absolute Gasteiger partial charge is 0.159 e. The van der Waals surface area contributed by atoms with Gasteiger partial charge in [0.2, 0.25) is 0 Å². The van der Waals surface area contributed by atoms with Crippen molar-refractivity contribution in [2.45, 2.75) is 0 Å². The van der Waals surface area contributed by atoms with Crippen LogP contribution >= 0.6 is 15.9 Å². The highest BCUT2D eigenvalue weighted by molar-refractivity contribution is 9.10. The van der Waals surface area contributed by atoms with Crippen LogP contribution in [0.25, 0.3) is 5.65 Å². The lowest BCUT2D eigenvalue weighted by atomic mass is 10.3. The number of nitrogen functional groups attached to an aromatic ring is 1. The minimum absolute atomic E-state index is 0.341. The van der Waals surface area contributed by atoms with Gasteiger partial charge in [-0.05, 0) is 34.1 Å². The molecular weight excluding hydrogens is 334 g/mol. The summed E-state index contributed by atoms with van der Waals surface area (Å²) in [6.45, 7) is 0. The number of pyridine rings is 1. The van der Waals surface area contributed by atoms with Crippen molar-refractivity contribution in [2.75, 3.05) is 5.73 Å². The van der Waals surface area contributed by atoms with Gasteiger partial charge in [0.05, 0.1) is 11.9 Å². The molecule has 2 heterocycles. The molecule has 0 aliphatic rings. The molecular formula is C14H12BrN5O. The molecule has 0 aliphatic heterocycles. The number of aromatic nitrogens is 2. The Morgan fingerprint density at radius 3 is 3.00 bits per heavy atom. The molecule has 1 atom stereocenters. The molecule has 3 rings (SSSR count). The maximum atomic E-state index is 12.0. The molecule has 0 bridgehead atoms. The molecule has 6 nitrogen and oxygen atoms in total. The van der Waals surface area contributed by atoms with Gasteiger partial charge < -0.3 is 10.9 Å². The molecule has 106 valence electrons. The van der Waals surface area contributed by atoms with Gasteiger partial charge in [-0.1, -0.05) is 11.2 Å². The first-order valence-corrected chi connectivity index (χ1v) is 6.99. The first-order valence-electron chi connectivity index (χ1n) is 6.20. The first kappa shape index (κ1) is 13.7. The summed E-state index contributed by atoms with van der Waals surface area (Å²) < 4.78 is 2.77. The van der Waals surface area contributed by atoms with Crippen molar-refractivity contribution in [3.05, 3.63) is 64.2 Å². The molecule has 3 N–H and O–H groups in total. The Labute approximate surface area is 129 Å². The van der Waals surface area contributed by atoms with E-state index in [1.54, 1.807) is 30.5 Å². The Balaban J connectivity index is 1.89. The Hall–Kier alpha value is -2.22. The van der Waals surface area contributed by atoms with Gasteiger partial charge in [0.15, 0.2) is 5.69 Å². The molecule has 0 aliphatic carbocycles. The lowest BCUT2D eigenvalue weighted by Gasteiger charge is -2.14. The van der Waals surface area contributed by atoms with Gasteiger partial charge in [-0.15, -0.1) is 0 Å². The maximum absolute atomic E-state index is 12.0. The van der Waals surface area contributed by atoms with Gasteiger partial charge in [-0.2, -0.15) is 0 Å². The summed E-state index contributed by atoms with van der Waals surface area (Å²) in [5.41, 5.74) is 8.16. The minimum atomic E-state index is -0.341. The molecule has 7 heteroatoms. The molecule has 0 radical (unpaired) electrons. The van der Waals surface area contributed by atoms with Crippen LogP contribution in [0.4, 0.5) is 11.4 Å².